The van der Waals surface area contributed by atoms with E-state index in [0.717, 1.165) is 12.8 Å². The summed E-state index contributed by atoms with van der Waals surface area (Å²) >= 11 is 0. The molecule has 3 rings (SSSR count). The lowest BCUT2D eigenvalue weighted by atomic mass is 9.69. The average Bonchev–Trinajstić information content (AvgIpc) is 2.72. The van der Waals surface area contributed by atoms with Crippen molar-refractivity contribution in [3.63, 3.8) is 0 Å². The molecule has 0 unspecified atom stereocenters. The Morgan fingerprint density at radius 1 is 1.20 bits per heavy atom. The zero-order valence-corrected chi connectivity index (χ0v) is 13.5. The summed E-state index contributed by atoms with van der Waals surface area (Å²) in [6.07, 6.45) is 3.34. The van der Waals surface area contributed by atoms with E-state index in [1.807, 2.05) is 0 Å². The van der Waals surface area contributed by atoms with E-state index in [1.54, 1.807) is 0 Å². The van der Waals surface area contributed by atoms with Crippen LogP contribution in [0.25, 0.3) is 0 Å². The Bertz CT molecular complexity index is 485. The van der Waals surface area contributed by atoms with Gasteiger partial charge >= 0.3 is 0 Å². The first-order valence-electron chi connectivity index (χ1n) is 7.62. The Hall–Kier alpha value is -0.170. The molecular weight excluding hydrogens is 276 g/mol. The van der Waals surface area contributed by atoms with Gasteiger partial charge in [-0.3, -0.25) is 0 Å². The highest BCUT2D eigenvalue weighted by Crippen LogP contribution is 2.65. The van der Waals surface area contributed by atoms with Crippen LogP contribution in [0.3, 0.4) is 0 Å². The maximum atomic E-state index is 12.5. The van der Waals surface area contributed by atoms with Crippen LogP contribution < -0.4 is 4.72 Å². The Morgan fingerprint density at radius 2 is 1.85 bits per heavy atom. The minimum atomic E-state index is -3.37. The average molecular weight is 302 g/mol. The molecule has 0 radical (unpaired) electrons. The third kappa shape index (κ3) is 2.03. The van der Waals surface area contributed by atoms with Crippen molar-refractivity contribution in [2.45, 2.75) is 46.1 Å². The van der Waals surface area contributed by atoms with Crippen molar-refractivity contribution >= 4 is 10.2 Å². The van der Waals surface area contributed by atoms with E-state index in [1.165, 1.54) is 10.7 Å². The summed E-state index contributed by atoms with van der Waals surface area (Å²) in [5.41, 5.74) is 0.308. The molecule has 1 aliphatic heterocycles. The van der Waals surface area contributed by atoms with Crippen LogP contribution in [-0.4, -0.2) is 45.1 Å². The maximum absolute atomic E-state index is 12.5. The number of nitrogens with zero attached hydrogens (tertiary/aromatic N) is 1. The van der Waals surface area contributed by atoms with Crippen molar-refractivity contribution in [1.82, 2.24) is 9.03 Å². The molecule has 0 aromatic carbocycles. The van der Waals surface area contributed by atoms with Gasteiger partial charge in [0.2, 0.25) is 0 Å². The van der Waals surface area contributed by atoms with Gasteiger partial charge in [-0.2, -0.15) is 17.4 Å². The van der Waals surface area contributed by atoms with Gasteiger partial charge in [-0.05, 0) is 36.0 Å². The fraction of sp³-hybridized carbons (Fsp3) is 1.00. The molecule has 2 aliphatic carbocycles. The number of hydrogen-bond acceptors (Lipinski definition) is 3. The molecule has 2 saturated carbocycles. The second kappa shape index (κ2) is 4.66. The predicted molar refractivity (Wildman–Crippen MR) is 77.5 cm³/mol. The van der Waals surface area contributed by atoms with Crippen molar-refractivity contribution in [2.75, 3.05) is 26.3 Å². The van der Waals surface area contributed by atoms with Gasteiger partial charge in [0.05, 0.1) is 13.2 Å². The van der Waals surface area contributed by atoms with E-state index in [-0.39, 0.29) is 16.9 Å². The van der Waals surface area contributed by atoms with E-state index in [2.05, 4.69) is 25.5 Å². The van der Waals surface area contributed by atoms with Crippen molar-refractivity contribution in [3.8, 4) is 0 Å². The highest BCUT2D eigenvalue weighted by molar-refractivity contribution is 7.87. The third-order valence-corrected chi connectivity index (χ3v) is 8.02. The van der Waals surface area contributed by atoms with Gasteiger partial charge in [0, 0.05) is 19.1 Å². The first kappa shape index (κ1) is 14.8. The van der Waals surface area contributed by atoms with Gasteiger partial charge in [0.15, 0.2) is 0 Å². The van der Waals surface area contributed by atoms with Gasteiger partial charge < -0.3 is 4.74 Å². The summed E-state index contributed by atoms with van der Waals surface area (Å²) in [7, 11) is -3.37. The van der Waals surface area contributed by atoms with E-state index >= 15 is 0 Å². The molecule has 0 aromatic heterocycles. The smallest absolute Gasteiger partial charge is 0.279 e. The lowest BCUT2D eigenvalue weighted by Crippen LogP contribution is -2.53. The number of rotatable bonds is 3. The number of fused-ring (bicyclic) bond motifs is 2. The normalized spacial score (nSPS) is 41.1. The zero-order valence-electron chi connectivity index (χ0n) is 12.7. The van der Waals surface area contributed by atoms with Crippen molar-refractivity contribution in [2.24, 2.45) is 16.7 Å². The molecule has 3 aliphatic rings. The molecule has 1 heterocycles. The number of morpholine rings is 1. The summed E-state index contributed by atoms with van der Waals surface area (Å²) in [4.78, 5) is 0. The molecule has 20 heavy (non-hydrogen) atoms. The number of ether oxygens (including phenoxy) is 1. The highest BCUT2D eigenvalue weighted by Gasteiger charge is 2.62. The summed E-state index contributed by atoms with van der Waals surface area (Å²) < 4.78 is 34.8. The highest BCUT2D eigenvalue weighted by atomic mass is 32.2. The molecule has 116 valence electrons. The van der Waals surface area contributed by atoms with Crippen LogP contribution in [-0.2, 0) is 14.9 Å². The van der Waals surface area contributed by atoms with Crippen LogP contribution in [0.1, 0.15) is 40.0 Å². The Balaban J connectivity index is 1.76. The second-order valence-corrected chi connectivity index (χ2v) is 9.00. The monoisotopic (exact) mass is 302 g/mol. The molecular formula is C14H26N2O3S. The van der Waals surface area contributed by atoms with Gasteiger partial charge in [-0.1, -0.05) is 20.8 Å². The van der Waals surface area contributed by atoms with Gasteiger partial charge in [-0.15, -0.1) is 0 Å². The van der Waals surface area contributed by atoms with Crippen molar-refractivity contribution in [1.29, 1.82) is 0 Å². The summed E-state index contributed by atoms with van der Waals surface area (Å²) in [5.74, 6) is 0.643. The quantitative estimate of drug-likeness (QED) is 0.856. The van der Waals surface area contributed by atoms with Gasteiger partial charge in [-0.25, -0.2) is 0 Å². The first-order valence-corrected chi connectivity index (χ1v) is 9.06. The standard InChI is InChI=1S/C14H26N2O3S/c1-13(2)11-4-5-14(13,3)12(10-11)15-20(17,18)16-6-8-19-9-7-16/h11-12,15H,4-10H2,1-3H3/t11-,12-,14-/m0/s1. The molecule has 2 bridgehead atoms. The Morgan fingerprint density at radius 3 is 2.35 bits per heavy atom. The SMILES string of the molecule is CC1(C)[C@H]2CC[C@@]1(C)[C@@H](NS(=O)(=O)N1CCOCC1)C2. The Labute approximate surface area is 122 Å². The number of hydrogen-bond donors (Lipinski definition) is 1. The largest absolute Gasteiger partial charge is 0.379 e. The fourth-order valence-electron chi connectivity index (χ4n) is 4.42. The molecule has 6 heteroatoms. The van der Waals surface area contributed by atoms with Crippen molar-refractivity contribution in [3.05, 3.63) is 0 Å². The molecule has 3 atom stereocenters. The van der Waals surface area contributed by atoms with E-state index in [9.17, 15) is 8.42 Å². The zero-order chi connectivity index (χ0) is 14.6. The Kier molecular flexibility index (Phi) is 3.44. The van der Waals surface area contributed by atoms with Crippen LogP contribution in [0.15, 0.2) is 0 Å². The summed E-state index contributed by atoms with van der Waals surface area (Å²) in [6, 6.07) is 0.0732. The summed E-state index contributed by atoms with van der Waals surface area (Å²) in [6.45, 7) is 8.78. The molecule has 1 saturated heterocycles. The minimum absolute atomic E-state index is 0.0732. The second-order valence-electron chi connectivity index (χ2n) is 7.30. The lowest BCUT2D eigenvalue weighted by Gasteiger charge is -2.40. The molecule has 5 nitrogen and oxygen atoms in total. The molecule has 0 aromatic rings. The lowest BCUT2D eigenvalue weighted by molar-refractivity contribution is 0.0712. The van der Waals surface area contributed by atoms with Crippen LogP contribution in [0.4, 0.5) is 0 Å². The van der Waals surface area contributed by atoms with Crippen LogP contribution in [0, 0.1) is 16.7 Å². The van der Waals surface area contributed by atoms with E-state index in [4.69, 9.17) is 4.74 Å². The van der Waals surface area contributed by atoms with Crippen LogP contribution in [0.5, 0.6) is 0 Å². The van der Waals surface area contributed by atoms with Crippen molar-refractivity contribution < 1.29 is 13.2 Å². The first-order chi connectivity index (χ1) is 9.27. The number of nitrogens with one attached hydrogen (secondary N) is 1. The molecule has 0 amide bonds. The molecule has 1 N–H and O–H groups in total. The fourth-order valence-corrected chi connectivity index (χ4v) is 5.92. The third-order valence-electron chi connectivity index (χ3n) is 6.40. The molecule has 3 fully saturated rings. The van der Waals surface area contributed by atoms with Crippen LogP contribution >= 0.6 is 0 Å². The topological polar surface area (TPSA) is 58.6 Å². The molecule has 0 spiro atoms. The van der Waals surface area contributed by atoms with Gasteiger partial charge in [0.1, 0.15) is 0 Å². The van der Waals surface area contributed by atoms with Crippen LogP contribution in [0.2, 0.25) is 0 Å². The predicted octanol–water partition coefficient (Wildman–Crippen LogP) is 1.37. The summed E-state index contributed by atoms with van der Waals surface area (Å²) in [5, 5.41) is 0. The van der Waals surface area contributed by atoms with E-state index in [0.29, 0.717) is 32.2 Å². The van der Waals surface area contributed by atoms with E-state index < -0.39 is 10.2 Å². The minimum Gasteiger partial charge on any atom is -0.379 e. The van der Waals surface area contributed by atoms with Gasteiger partial charge in [0.25, 0.3) is 10.2 Å². The maximum Gasteiger partial charge on any atom is 0.279 e.